The van der Waals surface area contributed by atoms with Gasteiger partial charge in [0.05, 0.1) is 17.7 Å². The van der Waals surface area contributed by atoms with Gasteiger partial charge in [-0.1, -0.05) is 6.92 Å². The third-order valence-corrected chi connectivity index (χ3v) is 3.24. The number of hydrogen-bond donors (Lipinski definition) is 3. The van der Waals surface area contributed by atoms with E-state index in [9.17, 15) is 4.79 Å². The number of aliphatic hydroxyl groups excluding tert-OH is 1. The van der Waals surface area contributed by atoms with E-state index >= 15 is 0 Å². The summed E-state index contributed by atoms with van der Waals surface area (Å²) in [4.78, 5) is 11.7. The topological polar surface area (TPSA) is 75.3 Å². The number of carbonyl (C=O) groups is 1. The number of aliphatic hydroxyl groups is 1. The van der Waals surface area contributed by atoms with Crippen LogP contribution in [0.5, 0.6) is 0 Å². The van der Waals surface area contributed by atoms with Crippen molar-refractivity contribution >= 4 is 5.91 Å². The number of amides is 1. The Hall–Kier alpha value is -0.610. The molecule has 4 N–H and O–H groups in total. The second kappa shape index (κ2) is 3.87. The van der Waals surface area contributed by atoms with Gasteiger partial charge in [0, 0.05) is 0 Å². The molecular formula is C10H20N2O2. The van der Waals surface area contributed by atoms with Crippen molar-refractivity contribution in [3.05, 3.63) is 0 Å². The van der Waals surface area contributed by atoms with E-state index in [0.717, 1.165) is 19.3 Å². The Labute approximate surface area is 84.9 Å². The maximum Gasteiger partial charge on any atom is 0.240 e. The normalized spacial score (nSPS) is 23.4. The molecule has 82 valence electrons. The molecule has 4 nitrogen and oxygen atoms in total. The van der Waals surface area contributed by atoms with Crippen LogP contribution in [0.15, 0.2) is 0 Å². The molecule has 1 aliphatic rings. The summed E-state index contributed by atoms with van der Waals surface area (Å²) in [6, 6.07) is 0. The molecule has 1 aliphatic carbocycles. The third kappa shape index (κ3) is 2.07. The molecule has 0 aromatic rings. The third-order valence-electron chi connectivity index (χ3n) is 3.24. The van der Waals surface area contributed by atoms with Crippen molar-refractivity contribution in [2.24, 2.45) is 5.73 Å². The van der Waals surface area contributed by atoms with Crippen LogP contribution in [0.3, 0.4) is 0 Å². The van der Waals surface area contributed by atoms with Gasteiger partial charge in [-0.3, -0.25) is 4.79 Å². The minimum Gasteiger partial charge on any atom is -0.394 e. The monoisotopic (exact) mass is 200 g/mol. The van der Waals surface area contributed by atoms with Crippen molar-refractivity contribution < 1.29 is 9.90 Å². The summed E-state index contributed by atoms with van der Waals surface area (Å²) in [6.07, 6.45) is 3.23. The summed E-state index contributed by atoms with van der Waals surface area (Å²) < 4.78 is 0. The molecule has 1 fully saturated rings. The first kappa shape index (κ1) is 11.5. The average Bonchev–Trinajstić information content (AvgIpc) is 2.13. The van der Waals surface area contributed by atoms with Crippen LogP contribution in [-0.2, 0) is 4.79 Å². The summed E-state index contributed by atoms with van der Waals surface area (Å²) in [5.41, 5.74) is 4.67. The van der Waals surface area contributed by atoms with Crippen LogP contribution in [-0.4, -0.2) is 28.7 Å². The summed E-state index contributed by atoms with van der Waals surface area (Å²) in [5.74, 6) is -0.123. The Kier molecular flexibility index (Phi) is 3.17. The highest BCUT2D eigenvalue weighted by Crippen LogP contribution is 2.29. The van der Waals surface area contributed by atoms with E-state index in [4.69, 9.17) is 10.8 Å². The van der Waals surface area contributed by atoms with Gasteiger partial charge in [-0.05, 0) is 32.6 Å². The lowest BCUT2D eigenvalue weighted by molar-refractivity contribution is -0.131. The van der Waals surface area contributed by atoms with Crippen molar-refractivity contribution in [2.75, 3.05) is 6.61 Å². The van der Waals surface area contributed by atoms with E-state index in [-0.39, 0.29) is 12.5 Å². The molecule has 1 saturated carbocycles. The highest BCUT2D eigenvalue weighted by molar-refractivity contribution is 5.87. The number of rotatable bonds is 4. The predicted octanol–water partition coefficient (Wildman–Crippen LogP) is 0.145. The number of nitrogens with two attached hydrogens (primary N) is 1. The van der Waals surface area contributed by atoms with Gasteiger partial charge in [-0.2, -0.15) is 0 Å². The van der Waals surface area contributed by atoms with E-state index in [1.807, 2.05) is 13.8 Å². The molecule has 0 aromatic heterocycles. The summed E-state index contributed by atoms with van der Waals surface area (Å²) in [5, 5.41) is 12.0. The van der Waals surface area contributed by atoms with E-state index in [1.165, 1.54) is 0 Å². The highest BCUT2D eigenvalue weighted by Gasteiger charge is 2.42. The van der Waals surface area contributed by atoms with E-state index < -0.39 is 11.1 Å². The molecule has 0 saturated heterocycles. The summed E-state index contributed by atoms with van der Waals surface area (Å²) in [7, 11) is 0. The predicted molar refractivity (Wildman–Crippen MR) is 54.7 cm³/mol. The fraction of sp³-hybridized carbons (Fsp3) is 0.900. The van der Waals surface area contributed by atoms with Gasteiger partial charge in [-0.25, -0.2) is 0 Å². The zero-order valence-electron chi connectivity index (χ0n) is 8.97. The molecule has 4 heteroatoms. The second-order valence-corrected chi connectivity index (χ2v) is 4.54. The molecule has 0 bridgehead atoms. The molecule has 0 aromatic carbocycles. The lowest BCUT2D eigenvalue weighted by Crippen LogP contribution is -2.63. The van der Waals surface area contributed by atoms with Gasteiger partial charge >= 0.3 is 0 Å². The van der Waals surface area contributed by atoms with Crippen LogP contribution in [0.2, 0.25) is 0 Å². The number of hydrogen-bond acceptors (Lipinski definition) is 3. The summed E-state index contributed by atoms with van der Waals surface area (Å²) in [6.45, 7) is 3.71. The van der Waals surface area contributed by atoms with Crippen molar-refractivity contribution in [3.63, 3.8) is 0 Å². The molecule has 1 unspecified atom stereocenters. The molecule has 0 heterocycles. The smallest absolute Gasteiger partial charge is 0.240 e. The van der Waals surface area contributed by atoms with Crippen LogP contribution in [0.25, 0.3) is 0 Å². The molecule has 0 aliphatic heterocycles. The van der Waals surface area contributed by atoms with E-state index in [2.05, 4.69) is 5.32 Å². The summed E-state index contributed by atoms with van der Waals surface area (Å²) >= 11 is 0. The van der Waals surface area contributed by atoms with Crippen LogP contribution in [0.1, 0.15) is 39.5 Å². The number of carbonyl (C=O) groups excluding carboxylic acids is 1. The fourth-order valence-electron chi connectivity index (χ4n) is 1.42. The number of nitrogens with one attached hydrogen (secondary N) is 1. The quantitative estimate of drug-likeness (QED) is 0.604. The Morgan fingerprint density at radius 3 is 2.50 bits per heavy atom. The fourth-order valence-corrected chi connectivity index (χ4v) is 1.42. The van der Waals surface area contributed by atoms with Crippen LogP contribution >= 0.6 is 0 Å². The minimum atomic E-state index is -0.675. The van der Waals surface area contributed by atoms with Crippen molar-refractivity contribution in [2.45, 2.75) is 50.6 Å². The standard InChI is InChI=1S/C10H20N2O2/c1-3-9(2,7-13)12-8(14)10(11)5-4-6-10/h13H,3-7,11H2,1-2H3,(H,12,14). The molecule has 14 heavy (non-hydrogen) atoms. The van der Waals surface area contributed by atoms with Crippen molar-refractivity contribution in [1.82, 2.24) is 5.32 Å². The molecule has 1 atom stereocenters. The lowest BCUT2D eigenvalue weighted by atomic mass is 9.76. The van der Waals surface area contributed by atoms with Crippen LogP contribution < -0.4 is 11.1 Å². The van der Waals surface area contributed by atoms with Gasteiger partial charge in [0.2, 0.25) is 5.91 Å². The molecule has 1 rings (SSSR count). The van der Waals surface area contributed by atoms with Gasteiger partial charge in [0.15, 0.2) is 0 Å². The second-order valence-electron chi connectivity index (χ2n) is 4.54. The maximum atomic E-state index is 11.7. The molecule has 0 spiro atoms. The zero-order valence-corrected chi connectivity index (χ0v) is 8.97. The van der Waals surface area contributed by atoms with Gasteiger partial charge in [-0.15, -0.1) is 0 Å². The van der Waals surface area contributed by atoms with Crippen LogP contribution in [0.4, 0.5) is 0 Å². The van der Waals surface area contributed by atoms with Gasteiger partial charge < -0.3 is 16.2 Å². The Morgan fingerprint density at radius 2 is 2.21 bits per heavy atom. The largest absolute Gasteiger partial charge is 0.394 e. The zero-order chi connectivity index (χ0) is 10.8. The Morgan fingerprint density at radius 1 is 1.64 bits per heavy atom. The average molecular weight is 200 g/mol. The lowest BCUT2D eigenvalue weighted by Gasteiger charge is -2.39. The Balaban J connectivity index is 2.55. The maximum absolute atomic E-state index is 11.7. The highest BCUT2D eigenvalue weighted by atomic mass is 16.3. The van der Waals surface area contributed by atoms with Crippen molar-refractivity contribution in [1.29, 1.82) is 0 Å². The Bertz CT molecular complexity index is 220. The first-order valence-corrected chi connectivity index (χ1v) is 5.18. The van der Waals surface area contributed by atoms with Crippen LogP contribution in [0, 0.1) is 0 Å². The first-order valence-electron chi connectivity index (χ1n) is 5.18. The van der Waals surface area contributed by atoms with E-state index in [0.29, 0.717) is 6.42 Å². The van der Waals surface area contributed by atoms with E-state index in [1.54, 1.807) is 0 Å². The SMILES string of the molecule is CCC(C)(CO)NC(=O)C1(N)CCC1. The van der Waals surface area contributed by atoms with Crippen molar-refractivity contribution in [3.8, 4) is 0 Å². The van der Waals surface area contributed by atoms with Gasteiger partial charge in [0.25, 0.3) is 0 Å². The molecule has 0 radical (unpaired) electrons. The van der Waals surface area contributed by atoms with Gasteiger partial charge in [0.1, 0.15) is 0 Å². The minimum absolute atomic E-state index is 0.0503. The molecular weight excluding hydrogens is 180 g/mol. The first-order chi connectivity index (χ1) is 6.46. The molecule has 1 amide bonds.